The zero-order valence-corrected chi connectivity index (χ0v) is 12.2. The highest BCUT2D eigenvalue weighted by Gasteiger charge is 2.21. The van der Waals surface area contributed by atoms with Gasteiger partial charge < -0.3 is 9.52 Å². The Kier molecular flexibility index (Phi) is 3.53. The molecule has 3 aromatic rings. The van der Waals surface area contributed by atoms with Crippen molar-refractivity contribution in [1.82, 2.24) is 20.0 Å². The highest BCUT2D eigenvalue weighted by Crippen LogP contribution is 2.23. The van der Waals surface area contributed by atoms with E-state index >= 15 is 0 Å². The van der Waals surface area contributed by atoms with E-state index in [1.54, 1.807) is 36.7 Å². The van der Waals surface area contributed by atoms with Crippen molar-refractivity contribution in [2.24, 2.45) is 0 Å². The number of hydrogen-bond donors (Lipinski definition) is 1. The van der Waals surface area contributed by atoms with Crippen molar-refractivity contribution in [1.29, 1.82) is 0 Å². The minimum Gasteiger partial charge on any atom is -0.476 e. The van der Waals surface area contributed by atoms with Gasteiger partial charge in [0.25, 0.3) is 0 Å². The van der Waals surface area contributed by atoms with Crippen LogP contribution in [0.15, 0.2) is 45.7 Å². The van der Waals surface area contributed by atoms with Crippen LogP contribution in [-0.4, -0.2) is 31.1 Å². The third kappa shape index (κ3) is 2.70. The zero-order chi connectivity index (χ0) is 14.8. The summed E-state index contributed by atoms with van der Waals surface area (Å²) in [6.07, 6.45) is 3.18. The van der Waals surface area contributed by atoms with Crippen LogP contribution in [0, 0.1) is 0 Å². The molecule has 0 aliphatic carbocycles. The monoisotopic (exact) mass is 348 g/mol. The van der Waals surface area contributed by atoms with Gasteiger partial charge in [-0.3, -0.25) is 4.98 Å². The molecule has 0 aromatic carbocycles. The van der Waals surface area contributed by atoms with Gasteiger partial charge in [0.15, 0.2) is 10.4 Å². The molecular formula is C13H9BrN4O3. The lowest BCUT2D eigenvalue weighted by Crippen LogP contribution is -2.05. The SMILES string of the molecule is O=C(O)c1nnn(Cc2ccc(Br)o2)c1-c1cccnc1. The molecule has 0 radical (unpaired) electrons. The lowest BCUT2D eigenvalue weighted by molar-refractivity contribution is 0.0691. The molecule has 8 heteroatoms. The van der Waals surface area contributed by atoms with Crippen LogP contribution in [0.4, 0.5) is 0 Å². The van der Waals surface area contributed by atoms with Crippen LogP contribution in [0.2, 0.25) is 0 Å². The fourth-order valence-electron chi connectivity index (χ4n) is 1.94. The number of carbonyl (C=O) groups is 1. The van der Waals surface area contributed by atoms with E-state index in [2.05, 4.69) is 31.2 Å². The first kappa shape index (κ1) is 13.5. The van der Waals surface area contributed by atoms with E-state index in [4.69, 9.17) is 4.42 Å². The number of rotatable bonds is 4. The lowest BCUT2D eigenvalue weighted by Gasteiger charge is -2.05. The summed E-state index contributed by atoms with van der Waals surface area (Å²) < 4.78 is 7.49. The molecular weight excluding hydrogens is 340 g/mol. The van der Waals surface area contributed by atoms with Crippen LogP contribution in [0.5, 0.6) is 0 Å². The van der Waals surface area contributed by atoms with Gasteiger partial charge in [-0.25, -0.2) is 9.48 Å². The highest BCUT2D eigenvalue weighted by molar-refractivity contribution is 9.10. The number of nitrogens with zero attached hydrogens (tertiary/aromatic N) is 4. The summed E-state index contributed by atoms with van der Waals surface area (Å²) in [5.74, 6) is -0.505. The van der Waals surface area contributed by atoms with Gasteiger partial charge in [0.2, 0.25) is 0 Å². The topological polar surface area (TPSA) is 94.0 Å². The van der Waals surface area contributed by atoms with Crippen molar-refractivity contribution in [2.45, 2.75) is 6.54 Å². The number of carboxylic acids is 1. The van der Waals surface area contributed by atoms with Crippen LogP contribution in [0.3, 0.4) is 0 Å². The van der Waals surface area contributed by atoms with E-state index in [0.29, 0.717) is 21.7 Å². The summed E-state index contributed by atoms with van der Waals surface area (Å²) in [6.45, 7) is 0.274. The van der Waals surface area contributed by atoms with E-state index in [9.17, 15) is 9.90 Å². The second-order valence-electron chi connectivity index (χ2n) is 4.20. The first-order valence-corrected chi connectivity index (χ1v) is 6.76. The van der Waals surface area contributed by atoms with Gasteiger partial charge in [-0.15, -0.1) is 5.10 Å². The van der Waals surface area contributed by atoms with Crippen LogP contribution in [0.1, 0.15) is 16.2 Å². The van der Waals surface area contributed by atoms with Gasteiger partial charge in [0, 0.05) is 18.0 Å². The van der Waals surface area contributed by atoms with Crippen molar-refractivity contribution in [3.63, 3.8) is 0 Å². The number of aromatic nitrogens is 4. The Morgan fingerprint density at radius 3 is 2.86 bits per heavy atom. The quantitative estimate of drug-likeness (QED) is 0.778. The van der Waals surface area contributed by atoms with E-state index in [1.165, 1.54) is 4.68 Å². The van der Waals surface area contributed by atoms with Gasteiger partial charge in [0.1, 0.15) is 18.0 Å². The molecule has 1 N–H and O–H groups in total. The molecule has 0 bridgehead atoms. The Morgan fingerprint density at radius 2 is 2.24 bits per heavy atom. The van der Waals surface area contributed by atoms with Gasteiger partial charge in [-0.05, 0) is 40.2 Å². The van der Waals surface area contributed by atoms with E-state index in [0.717, 1.165) is 0 Å². The van der Waals surface area contributed by atoms with Crippen LogP contribution in [-0.2, 0) is 6.54 Å². The van der Waals surface area contributed by atoms with E-state index < -0.39 is 5.97 Å². The predicted octanol–water partition coefficient (Wildman–Crippen LogP) is 2.44. The van der Waals surface area contributed by atoms with Gasteiger partial charge in [-0.2, -0.15) is 0 Å². The fraction of sp³-hybridized carbons (Fsp3) is 0.0769. The third-order valence-electron chi connectivity index (χ3n) is 2.81. The largest absolute Gasteiger partial charge is 0.476 e. The number of pyridine rings is 1. The maximum absolute atomic E-state index is 11.3. The molecule has 0 saturated heterocycles. The molecule has 21 heavy (non-hydrogen) atoms. The van der Waals surface area contributed by atoms with Crippen molar-refractivity contribution in [3.05, 3.63) is 52.8 Å². The zero-order valence-electron chi connectivity index (χ0n) is 10.6. The highest BCUT2D eigenvalue weighted by atomic mass is 79.9. The standard InChI is InChI=1S/C13H9BrN4O3/c14-10-4-3-9(21-10)7-18-12(8-2-1-5-15-6-8)11(13(19)20)16-17-18/h1-6H,7H2,(H,19,20). The second-order valence-corrected chi connectivity index (χ2v) is 4.98. The summed E-state index contributed by atoms with van der Waals surface area (Å²) in [7, 11) is 0. The Morgan fingerprint density at radius 1 is 1.38 bits per heavy atom. The van der Waals surface area contributed by atoms with E-state index in [1.807, 2.05) is 0 Å². The number of carboxylic acid groups (broad SMARTS) is 1. The minimum atomic E-state index is -1.14. The molecule has 0 atom stereocenters. The molecule has 0 saturated carbocycles. The Labute approximate surface area is 127 Å². The Hall–Kier alpha value is -2.48. The summed E-state index contributed by atoms with van der Waals surface area (Å²) in [4.78, 5) is 15.3. The molecule has 0 fully saturated rings. The molecule has 0 amide bonds. The van der Waals surface area contributed by atoms with Crippen molar-refractivity contribution >= 4 is 21.9 Å². The Balaban J connectivity index is 2.07. The van der Waals surface area contributed by atoms with Gasteiger partial charge in [0.05, 0.1) is 0 Å². The molecule has 0 spiro atoms. The number of furan rings is 1. The molecule has 3 aromatic heterocycles. The summed E-state index contributed by atoms with van der Waals surface area (Å²) in [6, 6.07) is 7.02. The first-order valence-electron chi connectivity index (χ1n) is 5.96. The fourth-order valence-corrected chi connectivity index (χ4v) is 2.28. The molecule has 7 nitrogen and oxygen atoms in total. The predicted molar refractivity (Wildman–Crippen MR) is 75.7 cm³/mol. The van der Waals surface area contributed by atoms with Gasteiger partial charge >= 0.3 is 5.97 Å². The second kappa shape index (κ2) is 5.49. The van der Waals surface area contributed by atoms with Crippen molar-refractivity contribution < 1.29 is 14.3 Å². The molecule has 3 rings (SSSR count). The summed E-state index contributed by atoms with van der Waals surface area (Å²) in [5, 5.41) is 16.9. The molecule has 0 unspecified atom stereocenters. The van der Waals surface area contributed by atoms with Crippen molar-refractivity contribution in [3.8, 4) is 11.3 Å². The maximum Gasteiger partial charge on any atom is 0.358 e. The molecule has 0 aliphatic heterocycles. The molecule has 106 valence electrons. The average molecular weight is 349 g/mol. The van der Waals surface area contributed by atoms with Crippen LogP contribution < -0.4 is 0 Å². The number of halogens is 1. The minimum absolute atomic E-state index is 0.117. The normalized spacial score (nSPS) is 10.7. The number of hydrogen-bond acceptors (Lipinski definition) is 5. The maximum atomic E-state index is 11.3. The Bertz CT molecular complexity index is 782. The average Bonchev–Trinajstić information content (AvgIpc) is 3.07. The number of aromatic carboxylic acids is 1. The van der Waals surface area contributed by atoms with E-state index in [-0.39, 0.29) is 12.2 Å². The van der Waals surface area contributed by atoms with Crippen LogP contribution >= 0.6 is 15.9 Å². The smallest absolute Gasteiger partial charge is 0.358 e. The first-order chi connectivity index (χ1) is 10.1. The molecule has 0 aliphatic rings. The third-order valence-corrected chi connectivity index (χ3v) is 3.23. The van der Waals surface area contributed by atoms with Crippen LogP contribution in [0.25, 0.3) is 11.3 Å². The molecule has 3 heterocycles. The summed E-state index contributed by atoms with van der Waals surface area (Å²) in [5.41, 5.74) is 0.905. The van der Waals surface area contributed by atoms with Gasteiger partial charge in [-0.1, -0.05) is 5.21 Å². The lowest BCUT2D eigenvalue weighted by atomic mass is 10.1. The van der Waals surface area contributed by atoms with Crippen molar-refractivity contribution in [2.75, 3.05) is 0 Å². The summed E-state index contributed by atoms with van der Waals surface area (Å²) >= 11 is 3.22.